The Balaban J connectivity index is 2.45. The average Bonchev–Trinajstić information content (AvgIpc) is 2.25. The van der Waals surface area contributed by atoms with Gasteiger partial charge in [-0.05, 0) is 17.7 Å². The van der Waals surface area contributed by atoms with Gasteiger partial charge < -0.3 is 15.8 Å². The predicted molar refractivity (Wildman–Crippen MR) is 56.7 cm³/mol. The summed E-state index contributed by atoms with van der Waals surface area (Å²) < 4.78 is 16.9. The van der Waals surface area contributed by atoms with Crippen molar-refractivity contribution in [1.82, 2.24) is 5.32 Å². The molecule has 5 heteroatoms. The van der Waals surface area contributed by atoms with Gasteiger partial charge in [0.25, 0.3) is 0 Å². The molecule has 0 saturated carbocycles. The van der Waals surface area contributed by atoms with Crippen LogP contribution in [0.15, 0.2) is 24.3 Å². The summed E-state index contributed by atoms with van der Waals surface area (Å²) in [5.74, 6) is 0.576. The topological polar surface area (TPSA) is 71.1 Å². The predicted octanol–water partition coefficient (Wildman–Crippen LogP) is 1.02. The zero-order chi connectivity index (χ0) is 11.1. The van der Waals surface area contributed by atoms with Gasteiger partial charge in [0.05, 0.1) is 0 Å². The number of halogens is 1. The molecule has 1 aromatic rings. The van der Waals surface area contributed by atoms with Gasteiger partial charge in [0.1, 0.15) is 19.0 Å². The molecule has 0 aliphatic rings. The number of nitrogens with one attached hydrogen (secondary N) is 2. The molecule has 0 saturated heterocycles. The first-order valence-electron chi connectivity index (χ1n) is 4.58. The van der Waals surface area contributed by atoms with Crippen LogP contribution in [0.1, 0.15) is 5.56 Å². The molecule has 0 heterocycles. The fraction of sp³-hybridized carbons (Fsp3) is 0.300. The molecule has 0 radical (unpaired) electrons. The van der Waals surface area contributed by atoms with Crippen molar-refractivity contribution >= 4 is 5.96 Å². The number of benzene rings is 1. The molecule has 1 aromatic carbocycles. The number of guanidine groups is 1. The molecule has 82 valence electrons. The second kappa shape index (κ2) is 5.85. The summed E-state index contributed by atoms with van der Waals surface area (Å²) in [6, 6.07) is 7.19. The van der Waals surface area contributed by atoms with Crippen molar-refractivity contribution < 1.29 is 9.13 Å². The van der Waals surface area contributed by atoms with Gasteiger partial charge in [-0.2, -0.15) is 0 Å². The highest BCUT2D eigenvalue weighted by atomic mass is 18.2. The van der Waals surface area contributed by atoms with Gasteiger partial charge >= 0.3 is 0 Å². The number of rotatable bonds is 5. The lowest BCUT2D eigenvalue weighted by molar-refractivity contribution is 0.273. The highest BCUT2D eigenvalue weighted by Crippen LogP contribution is 2.11. The van der Waals surface area contributed by atoms with E-state index in [1.807, 2.05) is 12.1 Å². The van der Waals surface area contributed by atoms with Crippen LogP contribution in [0.2, 0.25) is 0 Å². The van der Waals surface area contributed by atoms with E-state index in [2.05, 4.69) is 5.32 Å². The van der Waals surface area contributed by atoms with E-state index in [1.165, 1.54) is 0 Å². The molecule has 0 aliphatic heterocycles. The van der Waals surface area contributed by atoms with Crippen LogP contribution in [0, 0.1) is 5.41 Å². The van der Waals surface area contributed by atoms with Crippen molar-refractivity contribution in [2.75, 3.05) is 13.3 Å². The van der Waals surface area contributed by atoms with Crippen LogP contribution in [-0.4, -0.2) is 19.2 Å². The van der Waals surface area contributed by atoms with Crippen molar-refractivity contribution in [2.24, 2.45) is 5.73 Å². The van der Waals surface area contributed by atoms with E-state index in [-0.39, 0.29) is 12.6 Å². The van der Waals surface area contributed by atoms with Crippen molar-refractivity contribution in [2.45, 2.75) is 6.54 Å². The van der Waals surface area contributed by atoms with Crippen LogP contribution in [0.5, 0.6) is 5.75 Å². The van der Waals surface area contributed by atoms with Gasteiger partial charge in [-0.1, -0.05) is 12.1 Å². The molecule has 0 spiro atoms. The van der Waals surface area contributed by atoms with Crippen molar-refractivity contribution in [3.05, 3.63) is 29.8 Å². The molecule has 15 heavy (non-hydrogen) atoms. The Morgan fingerprint density at radius 2 is 2.07 bits per heavy atom. The smallest absolute Gasteiger partial charge is 0.185 e. The van der Waals surface area contributed by atoms with E-state index in [0.29, 0.717) is 12.3 Å². The summed E-state index contributed by atoms with van der Waals surface area (Å²) >= 11 is 0. The molecule has 0 bridgehead atoms. The molecule has 0 fully saturated rings. The minimum atomic E-state index is -0.492. The molecule has 0 unspecified atom stereocenters. The third kappa shape index (κ3) is 4.30. The molecule has 4 N–H and O–H groups in total. The van der Waals surface area contributed by atoms with Crippen LogP contribution in [-0.2, 0) is 6.54 Å². The Bertz CT molecular complexity index is 313. The first-order chi connectivity index (χ1) is 7.22. The first kappa shape index (κ1) is 11.3. The largest absolute Gasteiger partial charge is 0.491 e. The van der Waals surface area contributed by atoms with E-state index in [9.17, 15) is 4.39 Å². The lowest BCUT2D eigenvalue weighted by atomic mass is 10.2. The fourth-order valence-corrected chi connectivity index (χ4v) is 1.06. The quantitative estimate of drug-likeness (QED) is 0.502. The SMILES string of the molecule is N=C(N)NCc1ccc(OCC[18F])cc1. The zero-order valence-corrected chi connectivity index (χ0v) is 8.29. The minimum Gasteiger partial charge on any atom is -0.491 e. The number of hydrogen-bond donors (Lipinski definition) is 3. The fourth-order valence-electron chi connectivity index (χ4n) is 1.06. The van der Waals surface area contributed by atoms with Gasteiger partial charge in [0.2, 0.25) is 0 Å². The molecule has 4 nitrogen and oxygen atoms in total. The number of alkyl halides is 1. The van der Waals surface area contributed by atoms with E-state index in [1.54, 1.807) is 12.1 Å². The standard InChI is InChI=1S/C10H14FN3O/c11-5-6-15-9-3-1-8(2-4-9)7-14-10(12)13/h1-4H,5-7H2,(H4,12,13,14)/i11-1. The first-order valence-corrected chi connectivity index (χ1v) is 4.58. The second-order valence-electron chi connectivity index (χ2n) is 2.95. The monoisotopic (exact) mass is 210 g/mol. The number of ether oxygens (including phenoxy) is 1. The Labute approximate surface area is 87.7 Å². The lowest BCUT2D eigenvalue weighted by Gasteiger charge is -2.06. The van der Waals surface area contributed by atoms with Gasteiger partial charge in [0, 0.05) is 6.54 Å². The molecule has 1 rings (SSSR count). The van der Waals surface area contributed by atoms with Gasteiger partial charge in [-0.15, -0.1) is 0 Å². The van der Waals surface area contributed by atoms with Crippen LogP contribution < -0.4 is 15.8 Å². The Morgan fingerprint density at radius 1 is 1.40 bits per heavy atom. The van der Waals surface area contributed by atoms with E-state index in [4.69, 9.17) is 15.9 Å². The van der Waals surface area contributed by atoms with Crippen LogP contribution >= 0.6 is 0 Å². The number of hydrogen-bond acceptors (Lipinski definition) is 2. The third-order valence-corrected chi connectivity index (χ3v) is 1.75. The van der Waals surface area contributed by atoms with E-state index in [0.717, 1.165) is 5.56 Å². The van der Waals surface area contributed by atoms with Gasteiger partial charge in [-0.3, -0.25) is 5.41 Å². The summed E-state index contributed by atoms with van der Waals surface area (Å²) in [7, 11) is 0. The third-order valence-electron chi connectivity index (χ3n) is 1.75. The van der Waals surface area contributed by atoms with Crippen molar-refractivity contribution in [3.8, 4) is 5.75 Å². The molecular weight excluding hydrogens is 196 g/mol. The molecule has 0 aliphatic carbocycles. The average molecular weight is 210 g/mol. The summed E-state index contributed by atoms with van der Waals surface area (Å²) in [5, 5.41) is 9.66. The van der Waals surface area contributed by atoms with Crippen molar-refractivity contribution in [1.29, 1.82) is 5.41 Å². The summed E-state index contributed by atoms with van der Waals surface area (Å²) in [4.78, 5) is 0. The summed E-state index contributed by atoms with van der Waals surface area (Å²) in [6.07, 6.45) is 0. The maximum Gasteiger partial charge on any atom is 0.185 e. The van der Waals surface area contributed by atoms with E-state index < -0.39 is 6.67 Å². The van der Waals surface area contributed by atoms with Crippen LogP contribution in [0.3, 0.4) is 0 Å². The maximum absolute atomic E-state index is 11.8. The van der Waals surface area contributed by atoms with Crippen LogP contribution in [0.25, 0.3) is 0 Å². The Kier molecular flexibility index (Phi) is 4.40. The van der Waals surface area contributed by atoms with Crippen LogP contribution in [0.4, 0.5) is 4.39 Å². The Hall–Kier alpha value is -1.78. The lowest BCUT2D eigenvalue weighted by Crippen LogP contribution is -2.29. The highest BCUT2D eigenvalue weighted by molar-refractivity contribution is 5.74. The summed E-state index contributed by atoms with van der Waals surface area (Å²) in [6.45, 7) is 0.0808. The van der Waals surface area contributed by atoms with Gasteiger partial charge in [-0.25, -0.2) is 4.39 Å². The molecule has 0 atom stereocenters. The van der Waals surface area contributed by atoms with Crippen molar-refractivity contribution in [3.63, 3.8) is 0 Å². The van der Waals surface area contributed by atoms with Gasteiger partial charge in [0.15, 0.2) is 5.96 Å². The molecule has 0 amide bonds. The Morgan fingerprint density at radius 3 is 2.60 bits per heavy atom. The highest BCUT2D eigenvalue weighted by Gasteiger charge is 1.95. The molecule has 0 aromatic heterocycles. The normalized spacial score (nSPS) is 9.67. The van der Waals surface area contributed by atoms with E-state index >= 15 is 0 Å². The molecular formula is C10H14FN3O. The zero-order valence-electron chi connectivity index (χ0n) is 8.29. The maximum atomic E-state index is 11.8. The number of nitrogens with two attached hydrogens (primary N) is 1. The summed E-state index contributed by atoms with van der Waals surface area (Å²) in [5.41, 5.74) is 6.13. The second-order valence-corrected chi connectivity index (χ2v) is 2.95. The minimum absolute atomic E-state index is 0.0623.